The predicted molar refractivity (Wildman–Crippen MR) is 109 cm³/mol. The van der Waals surface area contributed by atoms with Crippen LogP contribution in [0.3, 0.4) is 0 Å². The first kappa shape index (κ1) is 20.4. The molecule has 2 aromatic carbocycles. The minimum Gasteiger partial charge on any atom is -0.497 e. The van der Waals surface area contributed by atoms with Gasteiger partial charge in [-0.05, 0) is 60.2 Å². The van der Waals surface area contributed by atoms with Crippen LogP contribution in [0.15, 0.2) is 77.0 Å². The number of methoxy groups -OCH3 is 1. The van der Waals surface area contributed by atoms with E-state index in [0.29, 0.717) is 17.0 Å². The van der Waals surface area contributed by atoms with Crippen LogP contribution in [-0.2, 0) is 4.79 Å². The van der Waals surface area contributed by atoms with Gasteiger partial charge in [0.1, 0.15) is 11.4 Å². The van der Waals surface area contributed by atoms with E-state index in [4.69, 9.17) is 14.3 Å². The van der Waals surface area contributed by atoms with Gasteiger partial charge in [-0.15, -0.1) is 0 Å². The lowest BCUT2D eigenvalue weighted by Crippen LogP contribution is -2.30. The van der Waals surface area contributed by atoms with Crippen molar-refractivity contribution in [2.45, 2.75) is 0 Å². The van der Waals surface area contributed by atoms with E-state index in [1.54, 1.807) is 37.4 Å². The maximum atomic E-state index is 12.8. The summed E-state index contributed by atoms with van der Waals surface area (Å²) in [6, 6.07) is 15.6. The van der Waals surface area contributed by atoms with Crippen molar-refractivity contribution < 1.29 is 28.6 Å². The van der Waals surface area contributed by atoms with Gasteiger partial charge in [0, 0.05) is 5.69 Å². The Morgan fingerprint density at radius 2 is 1.70 bits per heavy atom. The summed E-state index contributed by atoms with van der Waals surface area (Å²) in [5.74, 6) is -1.55. The molecule has 0 aliphatic rings. The molecular formula is C22H18N2O6. The monoisotopic (exact) mass is 406 g/mol. The SMILES string of the molecule is COc1ccc(/C=C(/NC(=O)c2ccco2)C(=O)Nc2ccc(C(=O)O)cc2)cc1. The Morgan fingerprint density at radius 3 is 2.27 bits per heavy atom. The highest BCUT2D eigenvalue weighted by molar-refractivity contribution is 6.10. The third-order valence-corrected chi connectivity index (χ3v) is 4.05. The second-order valence-electron chi connectivity index (χ2n) is 6.10. The summed E-state index contributed by atoms with van der Waals surface area (Å²) in [6.45, 7) is 0. The number of aromatic carboxylic acids is 1. The summed E-state index contributed by atoms with van der Waals surface area (Å²) in [6.07, 6.45) is 2.85. The molecule has 0 bridgehead atoms. The van der Waals surface area contributed by atoms with Crippen molar-refractivity contribution in [3.05, 3.63) is 89.5 Å². The van der Waals surface area contributed by atoms with Crippen molar-refractivity contribution in [1.82, 2.24) is 5.32 Å². The largest absolute Gasteiger partial charge is 0.497 e. The van der Waals surface area contributed by atoms with Crippen LogP contribution < -0.4 is 15.4 Å². The Morgan fingerprint density at radius 1 is 1.00 bits per heavy atom. The molecule has 0 radical (unpaired) electrons. The van der Waals surface area contributed by atoms with E-state index in [2.05, 4.69) is 10.6 Å². The lowest BCUT2D eigenvalue weighted by Gasteiger charge is -2.11. The van der Waals surface area contributed by atoms with Crippen molar-refractivity contribution >= 4 is 29.5 Å². The number of carboxylic acid groups (broad SMARTS) is 1. The zero-order valence-corrected chi connectivity index (χ0v) is 15.9. The first-order chi connectivity index (χ1) is 14.5. The number of carbonyl (C=O) groups excluding carboxylic acids is 2. The Balaban J connectivity index is 1.84. The zero-order valence-electron chi connectivity index (χ0n) is 15.9. The Bertz CT molecular complexity index is 1070. The lowest BCUT2D eigenvalue weighted by molar-refractivity contribution is -0.113. The van der Waals surface area contributed by atoms with Gasteiger partial charge in [-0.25, -0.2) is 4.79 Å². The van der Waals surface area contributed by atoms with Crippen molar-refractivity contribution in [2.24, 2.45) is 0 Å². The molecule has 30 heavy (non-hydrogen) atoms. The lowest BCUT2D eigenvalue weighted by atomic mass is 10.1. The molecule has 3 N–H and O–H groups in total. The van der Waals surface area contributed by atoms with E-state index in [1.807, 2.05) is 0 Å². The van der Waals surface area contributed by atoms with Crippen LogP contribution in [0, 0.1) is 0 Å². The Kier molecular flexibility index (Phi) is 6.29. The fourth-order valence-corrected chi connectivity index (χ4v) is 2.51. The molecule has 0 fully saturated rings. The van der Waals surface area contributed by atoms with Crippen LogP contribution in [-0.4, -0.2) is 30.0 Å². The minimum absolute atomic E-state index is 0.0242. The first-order valence-corrected chi connectivity index (χ1v) is 8.81. The van der Waals surface area contributed by atoms with E-state index in [-0.39, 0.29) is 17.0 Å². The average molecular weight is 406 g/mol. The van der Waals surface area contributed by atoms with Crippen molar-refractivity contribution in [1.29, 1.82) is 0 Å². The van der Waals surface area contributed by atoms with Gasteiger partial charge in [-0.2, -0.15) is 0 Å². The molecule has 0 aliphatic carbocycles. The van der Waals surface area contributed by atoms with Gasteiger partial charge in [0.05, 0.1) is 18.9 Å². The molecule has 3 rings (SSSR count). The molecule has 0 spiro atoms. The van der Waals surface area contributed by atoms with Gasteiger partial charge in [-0.3, -0.25) is 9.59 Å². The van der Waals surface area contributed by atoms with E-state index in [9.17, 15) is 14.4 Å². The fraction of sp³-hybridized carbons (Fsp3) is 0.0455. The van der Waals surface area contributed by atoms with Gasteiger partial charge in [0.2, 0.25) is 0 Å². The molecular weight excluding hydrogens is 388 g/mol. The van der Waals surface area contributed by atoms with Crippen LogP contribution in [0.25, 0.3) is 6.08 Å². The molecule has 8 nitrogen and oxygen atoms in total. The molecule has 0 unspecified atom stereocenters. The third kappa shape index (κ3) is 5.14. The molecule has 0 aliphatic heterocycles. The summed E-state index contributed by atoms with van der Waals surface area (Å²) in [5, 5.41) is 14.1. The van der Waals surface area contributed by atoms with Gasteiger partial charge in [-0.1, -0.05) is 12.1 Å². The predicted octanol–water partition coefficient (Wildman–Crippen LogP) is 3.40. The molecule has 0 saturated carbocycles. The van der Waals surface area contributed by atoms with Crippen molar-refractivity contribution in [2.75, 3.05) is 12.4 Å². The molecule has 3 aromatic rings. The summed E-state index contributed by atoms with van der Waals surface area (Å²) < 4.78 is 10.2. The number of ether oxygens (including phenoxy) is 1. The summed E-state index contributed by atoms with van der Waals surface area (Å²) in [4.78, 5) is 36.1. The zero-order chi connectivity index (χ0) is 21.5. The molecule has 0 saturated heterocycles. The van der Waals surface area contributed by atoms with Gasteiger partial charge in [0.25, 0.3) is 11.8 Å². The highest BCUT2D eigenvalue weighted by Crippen LogP contribution is 2.16. The second-order valence-corrected chi connectivity index (χ2v) is 6.10. The molecule has 1 heterocycles. The number of carboxylic acids is 1. The fourth-order valence-electron chi connectivity index (χ4n) is 2.51. The quantitative estimate of drug-likeness (QED) is 0.518. The first-order valence-electron chi connectivity index (χ1n) is 8.81. The molecule has 8 heteroatoms. The van der Waals surface area contributed by atoms with Crippen LogP contribution in [0.1, 0.15) is 26.5 Å². The number of hydrogen-bond donors (Lipinski definition) is 3. The Labute approximate surface area is 171 Å². The number of hydrogen-bond acceptors (Lipinski definition) is 5. The highest BCUT2D eigenvalue weighted by atomic mass is 16.5. The third-order valence-electron chi connectivity index (χ3n) is 4.05. The summed E-state index contributed by atoms with van der Waals surface area (Å²) >= 11 is 0. The average Bonchev–Trinajstić information content (AvgIpc) is 3.29. The van der Waals surface area contributed by atoms with Gasteiger partial charge >= 0.3 is 5.97 Å². The van der Waals surface area contributed by atoms with Crippen molar-refractivity contribution in [3.63, 3.8) is 0 Å². The molecule has 1 aromatic heterocycles. The number of benzene rings is 2. The maximum Gasteiger partial charge on any atom is 0.335 e. The normalized spacial score (nSPS) is 10.9. The standard InChI is InChI=1S/C22H18N2O6/c1-29-17-10-4-14(5-11-17)13-18(24-21(26)19-3-2-12-30-19)20(25)23-16-8-6-15(7-9-16)22(27)28/h2-13H,1H3,(H,23,25)(H,24,26)(H,27,28)/b18-13+. The number of amides is 2. The van der Waals surface area contributed by atoms with E-state index < -0.39 is 17.8 Å². The molecule has 152 valence electrons. The second kappa shape index (κ2) is 9.24. The van der Waals surface area contributed by atoms with E-state index >= 15 is 0 Å². The minimum atomic E-state index is -1.07. The maximum absolute atomic E-state index is 12.8. The Hall–Kier alpha value is -4.33. The molecule has 2 amide bonds. The van der Waals surface area contributed by atoms with Crippen LogP contribution in [0.2, 0.25) is 0 Å². The van der Waals surface area contributed by atoms with Crippen LogP contribution in [0.5, 0.6) is 5.75 Å². The number of carbonyl (C=O) groups is 3. The summed E-state index contributed by atoms with van der Waals surface area (Å²) in [7, 11) is 1.54. The van der Waals surface area contributed by atoms with Crippen LogP contribution >= 0.6 is 0 Å². The van der Waals surface area contributed by atoms with Crippen molar-refractivity contribution in [3.8, 4) is 5.75 Å². The van der Waals surface area contributed by atoms with Crippen LogP contribution in [0.4, 0.5) is 5.69 Å². The summed E-state index contributed by atoms with van der Waals surface area (Å²) in [5.41, 5.74) is 1.09. The topological polar surface area (TPSA) is 118 Å². The smallest absolute Gasteiger partial charge is 0.335 e. The number of nitrogens with one attached hydrogen (secondary N) is 2. The molecule has 0 atom stereocenters. The van der Waals surface area contributed by atoms with E-state index in [0.717, 1.165) is 0 Å². The number of furan rings is 1. The number of rotatable bonds is 7. The number of anilines is 1. The van der Waals surface area contributed by atoms with Gasteiger partial charge < -0.3 is 24.9 Å². The van der Waals surface area contributed by atoms with Gasteiger partial charge in [0.15, 0.2) is 5.76 Å². The highest BCUT2D eigenvalue weighted by Gasteiger charge is 2.17. The van der Waals surface area contributed by atoms with E-state index in [1.165, 1.54) is 42.7 Å².